The van der Waals surface area contributed by atoms with Crippen LogP contribution in [0.15, 0.2) is 30.3 Å². The zero-order chi connectivity index (χ0) is 13.9. The lowest BCUT2D eigenvalue weighted by Crippen LogP contribution is -2.31. The molecule has 0 aliphatic rings. The molecule has 1 unspecified atom stereocenters. The summed E-state index contributed by atoms with van der Waals surface area (Å²) in [5, 5.41) is 12.1. The summed E-state index contributed by atoms with van der Waals surface area (Å²) in [4.78, 5) is 2.34. The molecule has 0 bridgehead atoms. The van der Waals surface area contributed by atoms with Crippen molar-refractivity contribution in [1.29, 1.82) is 5.26 Å². The van der Waals surface area contributed by atoms with E-state index in [1.54, 1.807) is 0 Å². The van der Waals surface area contributed by atoms with E-state index in [0.29, 0.717) is 12.5 Å². The van der Waals surface area contributed by atoms with Crippen LogP contribution in [-0.2, 0) is 6.54 Å². The topological polar surface area (TPSA) is 39.1 Å². The van der Waals surface area contributed by atoms with Gasteiger partial charge in [-0.1, -0.05) is 37.3 Å². The number of rotatable bonds is 9. The van der Waals surface area contributed by atoms with Crippen molar-refractivity contribution >= 4 is 0 Å². The van der Waals surface area contributed by atoms with E-state index >= 15 is 0 Å². The maximum Gasteiger partial charge on any atom is 0.0638 e. The summed E-state index contributed by atoms with van der Waals surface area (Å²) in [5.41, 5.74) is 1.36. The van der Waals surface area contributed by atoms with Crippen LogP contribution in [0.1, 0.15) is 31.7 Å². The lowest BCUT2D eigenvalue weighted by atomic mass is 10.1. The Hall–Kier alpha value is -1.37. The predicted molar refractivity (Wildman–Crippen MR) is 79.7 cm³/mol. The third-order valence-corrected chi connectivity index (χ3v) is 3.28. The molecule has 0 spiro atoms. The van der Waals surface area contributed by atoms with Gasteiger partial charge in [-0.15, -0.1) is 0 Å². The van der Waals surface area contributed by atoms with E-state index in [0.717, 1.165) is 32.5 Å². The Bertz CT molecular complexity index is 369. The summed E-state index contributed by atoms with van der Waals surface area (Å²) in [6.07, 6.45) is 2.75. The first-order valence-corrected chi connectivity index (χ1v) is 7.09. The van der Waals surface area contributed by atoms with E-state index in [4.69, 9.17) is 5.26 Å². The highest BCUT2D eigenvalue weighted by molar-refractivity contribution is 5.14. The van der Waals surface area contributed by atoms with Crippen LogP contribution >= 0.6 is 0 Å². The van der Waals surface area contributed by atoms with Crippen LogP contribution in [0.2, 0.25) is 0 Å². The molecule has 3 nitrogen and oxygen atoms in total. The van der Waals surface area contributed by atoms with Crippen LogP contribution in [0, 0.1) is 11.3 Å². The molecule has 0 amide bonds. The second kappa shape index (κ2) is 9.55. The number of hydrogen-bond donors (Lipinski definition) is 1. The highest BCUT2D eigenvalue weighted by Crippen LogP contribution is 2.03. The van der Waals surface area contributed by atoms with Gasteiger partial charge >= 0.3 is 0 Å². The van der Waals surface area contributed by atoms with Crippen molar-refractivity contribution in [3.05, 3.63) is 35.9 Å². The van der Waals surface area contributed by atoms with Crippen LogP contribution in [0.4, 0.5) is 0 Å². The number of nitrogens with zero attached hydrogens (tertiary/aromatic N) is 2. The first-order valence-electron chi connectivity index (χ1n) is 7.09. The number of nitrogens with one attached hydrogen (secondary N) is 1. The summed E-state index contributed by atoms with van der Waals surface area (Å²) >= 11 is 0. The second-order valence-electron chi connectivity index (χ2n) is 5.00. The van der Waals surface area contributed by atoms with Crippen molar-refractivity contribution in [2.45, 2.75) is 38.8 Å². The van der Waals surface area contributed by atoms with Crippen LogP contribution in [-0.4, -0.2) is 31.1 Å². The van der Waals surface area contributed by atoms with Crippen LogP contribution in [0.5, 0.6) is 0 Å². The third kappa shape index (κ3) is 6.95. The van der Waals surface area contributed by atoms with Gasteiger partial charge in [-0.3, -0.25) is 0 Å². The normalized spacial score (nSPS) is 12.3. The minimum atomic E-state index is 0.351. The zero-order valence-corrected chi connectivity index (χ0v) is 12.1. The summed E-state index contributed by atoms with van der Waals surface area (Å²) in [5.74, 6) is 0. The smallest absolute Gasteiger partial charge is 0.0638 e. The van der Waals surface area contributed by atoms with Gasteiger partial charge in [0.25, 0.3) is 0 Å². The molecule has 104 valence electrons. The molecule has 0 aromatic heterocycles. The van der Waals surface area contributed by atoms with Gasteiger partial charge in [-0.05, 0) is 38.5 Å². The molecule has 1 aromatic carbocycles. The van der Waals surface area contributed by atoms with Crippen LogP contribution in [0.25, 0.3) is 0 Å². The van der Waals surface area contributed by atoms with Gasteiger partial charge in [-0.25, -0.2) is 0 Å². The van der Waals surface area contributed by atoms with Crippen LogP contribution in [0.3, 0.4) is 0 Å². The van der Waals surface area contributed by atoms with Gasteiger partial charge in [0.05, 0.1) is 12.5 Å². The van der Waals surface area contributed by atoms with E-state index in [9.17, 15) is 0 Å². The minimum absolute atomic E-state index is 0.351. The third-order valence-electron chi connectivity index (χ3n) is 3.28. The van der Waals surface area contributed by atoms with Gasteiger partial charge in [-0.2, -0.15) is 5.26 Å². The Kier molecular flexibility index (Phi) is 7.88. The molecule has 1 atom stereocenters. The van der Waals surface area contributed by atoms with Gasteiger partial charge in [0, 0.05) is 12.6 Å². The zero-order valence-electron chi connectivity index (χ0n) is 12.1. The van der Waals surface area contributed by atoms with Crippen molar-refractivity contribution in [2.75, 3.05) is 20.1 Å². The van der Waals surface area contributed by atoms with Crippen molar-refractivity contribution in [2.24, 2.45) is 0 Å². The van der Waals surface area contributed by atoms with E-state index in [2.05, 4.69) is 54.5 Å². The summed E-state index contributed by atoms with van der Waals surface area (Å²) < 4.78 is 0. The Labute approximate surface area is 117 Å². The molecule has 0 aliphatic heterocycles. The molecule has 0 saturated heterocycles. The van der Waals surface area contributed by atoms with Crippen molar-refractivity contribution < 1.29 is 0 Å². The molecule has 0 heterocycles. The molecule has 0 radical (unpaired) electrons. The Morgan fingerprint density at radius 1 is 1.32 bits per heavy atom. The molecule has 3 heteroatoms. The fourth-order valence-electron chi connectivity index (χ4n) is 2.10. The molecule has 0 saturated carbocycles. The van der Waals surface area contributed by atoms with Gasteiger partial charge in [0.1, 0.15) is 0 Å². The van der Waals surface area contributed by atoms with Crippen molar-refractivity contribution in [3.63, 3.8) is 0 Å². The highest BCUT2D eigenvalue weighted by Gasteiger charge is 2.04. The number of nitriles is 1. The SMILES string of the molecule is CCC(CC#N)NCCCN(C)Cc1ccccc1. The molecule has 1 rings (SSSR count). The van der Waals surface area contributed by atoms with E-state index < -0.39 is 0 Å². The average Bonchev–Trinajstić information content (AvgIpc) is 2.43. The lowest BCUT2D eigenvalue weighted by Gasteiger charge is -2.18. The minimum Gasteiger partial charge on any atom is -0.313 e. The van der Waals surface area contributed by atoms with Crippen molar-refractivity contribution in [3.8, 4) is 6.07 Å². The standard InChI is InChI=1S/C16H25N3/c1-3-16(10-11-17)18-12-7-13-19(2)14-15-8-5-4-6-9-15/h4-6,8-9,16,18H,3,7,10,12-14H2,1-2H3. The maximum atomic E-state index is 8.68. The lowest BCUT2D eigenvalue weighted by molar-refractivity contribution is 0.316. The molecule has 1 aromatic rings. The molecule has 0 fully saturated rings. The Morgan fingerprint density at radius 2 is 2.05 bits per heavy atom. The monoisotopic (exact) mass is 259 g/mol. The molecule has 19 heavy (non-hydrogen) atoms. The Morgan fingerprint density at radius 3 is 2.68 bits per heavy atom. The fourth-order valence-corrected chi connectivity index (χ4v) is 2.10. The first-order chi connectivity index (χ1) is 9.26. The largest absolute Gasteiger partial charge is 0.313 e. The van der Waals surface area contributed by atoms with Crippen molar-refractivity contribution in [1.82, 2.24) is 10.2 Å². The second-order valence-corrected chi connectivity index (χ2v) is 5.00. The van der Waals surface area contributed by atoms with Gasteiger partial charge < -0.3 is 10.2 Å². The fraction of sp³-hybridized carbons (Fsp3) is 0.562. The highest BCUT2D eigenvalue weighted by atomic mass is 15.1. The summed E-state index contributed by atoms with van der Waals surface area (Å²) in [6.45, 7) is 5.18. The van der Waals surface area contributed by atoms with Gasteiger partial charge in [0.2, 0.25) is 0 Å². The molecular weight excluding hydrogens is 234 g/mol. The number of hydrogen-bond acceptors (Lipinski definition) is 3. The van der Waals surface area contributed by atoms with Gasteiger partial charge in [0.15, 0.2) is 0 Å². The number of benzene rings is 1. The Balaban J connectivity index is 2.14. The summed E-state index contributed by atoms with van der Waals surface area (Å²) in [6, 6.07) is 13.1. The molecular formula is C16H25N3. The van der Waals surface area contributed by atoms with E-state index in [1.807, 2.05) is 6.07 Å². The average molecular weight is 259 g/mol. The quantitative estimate of drug-likeness (QED) is 0.693. The van der Waals surface area contributed by atoms with E-state index in [1.165, 1.54) is 5.56 Å². The van der Waals surface area contributed by atoms with E-state index in [-0.39, 0.29) is 0 Å². The maximum absolute atomic E-state index is 8.68. The summed E-state index contributed by atoms with van der Waals surface area (Å²) in [7, 11) is 2.15. The predicted octanol–water partition coefficient (Wildman–Crippen LogP) is 2.79. The molecule has 1 N–H and O–H groups in total. The first kappa shape index (κ1) is 15.7. The van der Waals surface area contributed by atoms with Crippen LogP contribution < -0.4 is 5.32 Å². The molecule has 0 aliphatic carbocycles.